The van der Waals surface area contributed by atoms with Crippen LogP contribution in [0, 0.1) is 0 Å². The van der Waals surface area contributed by atoms with E-state index in [1.54, 1.807) is 0 Å². The Morgan fingerprint density at radius 1 is 1.00 bits per heavy atom. The van der Waals surface area contributed by atoms with Crippen LogP contribution in [0.2, 0.25) is 5.02 Å². The first-order valence-corrected chi connectivity index (χ1v) is 13.5. The van der Waals surface area contributed by atoms with Gasteiger partial charge in [-0.1, -0.05) is 74.8 Å². The standard InChI is InChI=1S/C32H40ClNO3/c1-21(2)36-29-26-18-25(34-19-22-12-14-24(15-13-22)31(3,4)5)16-17-28(26)37-32(6,7)30(29)35-20-23-10-8-9-11-27(23)33/h8-18,21,29-30,34H,19-20H2,1-7H3. The average Bonchev–Trinajstić information content (AvgIpc) is 2.82. The summed E-state index contributed by atoms with van der Waals surface area (Å²) in [6, 6.07) is 22.8. The average molecular weight is 522 g/mol. The number of benzene rings is 3. The Kier molecular flexibility index (Phi) is 8.23. The normalized spacial score (nSPS) is 18.8. The largest absolute Gasteiger partial charge is 0.485 e. The quantitative estimate of drug-likeness (QED) is 0.322. The van der Waals surface area contributed by atoms with E-state index in [-0.39, 0.29) is 23.7 Å². The maximum absolute atomic E-state index is 6.49. The van der Waals surface area contributed by atoms with Crippen molar-refractivity contribution in [2.24, 2.45) is 0 Å². The van der Waals surface area contributed by atoms with Crippen molar-refractivity contribution in [3.8, 4) is 5.75 Å². The molecule has 1 aliphatic heterocycles. The first-order chi connectivity index (χ1) is 17.4. The van der Waals surface area contributed by atoms with Crippen molar-refractivity contribution in [3.63, 3.8) is 0 Å². The van der Waals surface area contributed by atoms with Gasteiger partial charge < -0.3 is 19.5 Å². The van der Waals surface area contributed by atoms with Gasteiger partial charge in [0, 0.05) is 22.8 Å². The van der Waals surface area contributed by atoms with Crippen LogP contribution >= 0.6 is 11.6 Å². The van der Waals surface area contributed by atoms with E-state index < -0.39 is 5.60 Å². The summed E-state index contributed by atoms with van der Waals surface area (Å²) in [4.78, 5) is 0. The van der Waals surface area contributed by atoms with Crippen molar-refractivity contribution in [2.75, 3.05) is 5.32 Å². The predicted molar refractivity (Wildman–Crippen MR) is 153 cm³/mol. The zero-order chi connectivity index (χ0) is 26.8. The molecule has 5 heteroatoms. The fourth-order valence-corrected chi connectivity index (χ4v) is 4.88. The van der Waals surface area contributed by atoms with E-state index in [4.69, 9.17) is 25.8 Å². The molecule has 0 radical (unpaired) electrons. The first kappa shape index (κ1) is 27.5. The van der Waals surface area contributed by atoms with Gasteiger partial charge in [-0.2, -0.15) is 0 Å². The first-order valence-electron chi connectivity index (χ1n) is 13.1. The molecule has 3 aromatic rings. The van der Waals surface area contributed by atoms with Crippen LogP contribution in [0.15, 0.2) is 66.7 Å². The molecule has 2 atom stereocenters. The van der Waals surface area contributed by atoms with Gasteiger partial charge in [0.15, 0.2) is 0 Å². The van der Waals surface area contributed by atoms with Crippen LogP contribution in [0.1, 0.15) is 76.8 Å². The van der Waals surface area contributed by atoms with Gasteiger partial charge in [-0.25, -0.2) is 0 Å². The molecule has 0 aromatic heterocycles. The van der Waals surface area contributed by atoms with E-state index in [0.717, 1.165) is 29.1 Å². The van der Waals surface area contributed by atoms with Gasteiger partial charge in [0.1, 0.15) is 23.6 Å². The number of rotatable bonds is 8. The van der Waals surface area contributed by atoms with Gasteiger partial charge in [-0.3, -0.25) is 0 Å². The molecule has 4 nitrogen and oxygen atoms in total. The van der Waals surface area contributed by atoms with Gasteiger partial charge in [-0.15, -0.1) is 0 Å². The summed E-state index contributed by atoms with van der Waals surface area (Å²) in [5, 5.41) is 4.27. The van der Waals surface area contributed by atoms with Crippen molar-refractivity contribution >= 4 is 17.3 Å². The number of ether oxygens (including phenoxy) is 3. The van der Waals surface area contributed by atoms with Crippen LogP contribution in [-0.2, 0) is 28.0 Å². The Morgan fingerprint density at radius 2 is 1.70 bits per heavy atom. The van der Waals surface area contributed by atoms with Crippen LogP contribution in [0.25, 0.3) is 0 Å². The van der Waals surface area contributed by atoms with E-state index in [1.165, 1.54) is 11.1 Å². The minimum atomic E-state index is -0.586. The van der Waals surface area contributed by atoms with Crippen LogP contribution in [0.4, 0.5) is 5.69 Å². The van der Waals surface area contributed by atoms with Crippen molar-refractivity contribution < 1.29 is 14.2 Å². The highest BCUT2D eigenvalue weighted by atomic mass is 35.5. The molecule has 0 bridgehead atoms. The third kappa shape index (κ3) is 6.67. The lowest BCUT2D eigenvalue weighted by Crippen LogP contribution is -2.51. The SMILES string of the molecule is CC(C)OC1c2cc(NCc3ccc(C(C)(C)C)cc3)ccc2OC(C)(C)C1OCc1ccccc1Cl. The maximum atomic E-state index is 6.49. The second kappa shape index (κ2) is 11.1. The van der Waals surface area contributed by atoms with Gasteiger partial charge in [-0.05, 0) is 74.1 Å². The van der Waals surface area contributed by atoms with Gasteiger partial charge in [0.25, 0.3) is 0 Å². The number of nitrogens with one attached hydrogen (secondary N) is 1. The summed E-state index contributed by atoms with van der Waals surface area (Å²) in [6.07, 6.45) is -0.580. The number of halogens is 1. The second-order valence-electron chi connectivity index (χ2n) is 11.7. The third-order valence-corrected chi connectivity index (χ3v) is 7.13. The Balaban J connectivity index is 1.56. The van der Waals surface area contributed by atoms with Crippen molar-refractivity contribution in [1.29, 1.82) is 0 Å². The molecular formula is C32H40ClNO3. The summed E-state index contributed by atoms with van der Waals surface area (Å²) in [6.45, 7) is 16.0. The molecule has 0 saturated carbocycles. The highest BCUT2D eigenvalue weighted by Crippen LogP contribution is 2.45. The summed E-state index contributed by atoms with van der Waals surface area (Å²) >= 11 is 6.40. The molecule has 1 heterocycles. The van der Waals surface area contributed by atoms with E-state index in [2.05, 4.69) is 90.2 Å². The molecule has 1 N–H and O–H groups in total. The van der Waals surface area contributed by atoms with Gasteiger partial charge in [0.05, 0.1) is 12.7 Å². The highest BCUT2D eigenvalue weighted by molar-refractivity contribution is 6.31. The zero-order valence-corrected chi connectivity index (χ0v) is 23.9. The van der Waals surface area contributed by atoms with E-state index in [1.807, 2.05) is 30.3 Å². The Bertz CT molecular complexity index is 1200. The summed E-state index contributed by atoms with van der Waals surface area (Å²) in [7, 11) is 0. The van der Waals surface area contributed by atoms with Crippen LogP contribution in [-0.4, -0.2) is 17.8 Å². The Morgan fingerprint density at radius 3 is 2.35 bits per heavy atom. The van der Waals surface area contributed by atoms with Gasteiger partial charge >= 0.3 is 0 Å². The lowest BCUT2D eigenvalue weighted by molar-refractivity contribution is -0.177. The lowest BCUT2D eigenvalue weighted by atomic mass is 9.87. The molecule has 1 aliphatic rings. The van der Waals surface area contributed by atoms with Crippen molar-refractivity contribution in [1.82, 2.24) is 0 Å². The van der Waals surface area contributed by atoms with E-state index in [0.29, 0.717) is 11.6 Å². The third-order valence-electron chi connectivity index (χ3n) is 6.76. The van der Waals surface area contributed by atoms with Crippen LogP contribution in [0.5, 0.6) is 5.75 Å². The minimum absolute atomic E-state index is 0.0242. The molecule has 0 saturated heterocycles. The van der Waals surface area contributed by atoms with E-state index >= 15 is 0 Å². The second-order valence-corrected chi connectivity index (χ2v) is 12.1. The molecule has 0 aliphatic carbocycles. The minimum Gasteiger partial charge on any atom is -0.485 e. The number of fused-ring (bicyclic) bond motifs is 1. The molecule has 0 amide bonds. The van der Waals surface area contributed by atoms with Gasteiger partial charge in [0.2, 0.25) is 0 Å². The smallest absolute Gasteiger partial charge is 0.132 e. The fourth-order valence-electron chi connectivity index (χ4n) is 4.69. The molecule has 4 rings (SSSR count). The topological polar surface area (TPSA) is 39.7 Å². The van der Waals surface area contributed by atoms with Crippen molar-refractivity contribution in [3.05, 3.63) is 94.0 Å². The monoisotopic (exact) mass is 521 g/mol. The van der Waals surface area contributed by atoms with Crippen molar-refractivity contribution in [2.45, 2.75) is 90.9 Å². The molecule has 2 unspecified atom stereocenters. The predicted octanol–water partition coefficient (Wildman–Crippen LogP) is 8.47. The summed E-state index contributed by atoms with van der Waals surface area (Å²) < 4.78 is 19.4. The van der Waals surface area contributed by atoms with Crippen LogP contribution < -0.4 is 10.1 Å². The number of hydrogen-bond donors (Lipinski definition) is 1. The molecule has 3 aromatic carbocycles. The Labute approximate surface area is 227 Å². The molecule has 0 fully saturated rings. The zero-order valence-electron chi connectivity index (χ0n) is 23.1. The van der Waals surface area contributed by atoms with E-state index in [9.17, 15) is 0 Å². The number of anilines is 1. The van der Waals surface area contributed by atoms with Crippen LogP contribution in [0.3, 0.4) is 0 Å². The summed E-state index contributed by atoms with van der Waals surface area (Å²) in [5.74, 6) is 0.827. The molecule has 37 heavy (non-hydrogen) atoms. The molecule has 198 valence electrons. The maximum Gasteiger partial charge on any atom is 0.132 e. The fraction of sp³-hybridized carbons (Fsp3) is 0.438. The molecular weight excluding hydrogens is 482 g/mol. The summed E-state index contributed by atoms with van der Waals surface area (Å²) in [5.41, 5.74) is 5.09. The number of hydrogen-bond acceptors (Lipinski definition) is 4. The molecule has 0 spiro atoms. The Hall–Kier alpha value is -2.53. The lowest BCUT2D eigenvalue weighted by Gasteiger charge is -2.45. The highest BCUT2D eigenvalue weighted by Gasteiger charge is 2.46.